The molecule has 0 radical (unpaired) electrons. The third-order valence-electron chi connectivity index (χ3n) is 4.36. The van der Waals surface area contributed by atoms with Gasteiger partial charge in [0, 0.05) is 33.5 Å². The Bertz CT molecular complexity index is 1260. The number of phenols is 1. The van der Waals surface area contributed by atoms with Gasteiger partial charge in [0.05, 0.1) is 24.3 Å². The molecular formula is C22H17ClN4O6. The van der Waals surface area contributed by atoms with E-state index in [9.17, 15) is 24.8 Å². The number of methoxy groups -OCH3 is 1. The van der Waals surface area contributed by atoms with Crippen molar-refractivity contribution in [3.8, 4) is 11.5 Å². The zero-order valence-corrected chi connectivity index (χ0v) is 17.9. The Labute approximate surface area is 192 Å². The Morgan fingerprint density at radius 2 is 1.79 bits per heavy atom. The molecule has 0 fully saturated rings. The fourth-order valence-corrected chi connectivity index (χ4v) is 2.96. The fourth-order valence-electron chi connectivity index (χ4n) is 2.77. The van der Waals surface area contributed by atoms with Crippen LogP contribution in [0, 0.1) is 10.1 Å². The van der Waals surface area contributed by atoms with E-state index in [1.807, 2.05) is 0 Å². The number of hydrogen-bond donors (Lipinski definition) is 3. The van der Waals surface area contributed by atoms with E-state index in [1.54, 1.807) is 30.3 Å². The van der Waals surface area contributed by atoms with Crippen molar-refractivity contribution < 1.29 is 24.4 Å². The molecule has 0 heterocycles. The number of nitrogens with zero attached hydrogens (tertiary/aromatic N) is 2. The summed E-state index contributed by atoms with van der Waals surface area (Å²) in [4.78, 5) is 35.2. The van der Waals surface area contributed by atoms with Crippen molar-refractivity contribution in [2.45, 2.75) is 0 Å². The second-order valence-electron chi connectivity index (χ2n) is 6.59. The molecule has 2 amide bonds. The first-order chi connectivity index (χ1) is 15.8. The largest absolute Gasteiger partial charge is 0.504 e. The van der Waals surface area contributed by atoms with Gasteiger partial charge in [-0.3, -0.25) is 19.7 Å². The van der Waals surface area contributed by atoms with Crippen LogP contribution in [0.2, 0.25) is 5.02 Å². The average Bonchev–Trinajstić information content (AvgIpc) is 2.80. The van der Waals surface area contributed by atoms with Gasteiger partial charge in [0.1, 0.15) is 0 Å². The van der Waals surface area contributed by atoms with Crippen molar-refractivity contribution in [2.24, 2.45) is 5.10 Å². The molecule has 0 aliphatic carbocycles. The molecule has 3 aromatic carbocycles. The third kappa shape index (κ3) is 5.83. The lowest BCUT2D eigenvalue weighted by Gasteiger charge is -2.08. The van der Waals surface area contributed by atoms with Crippen LogP contribution in [0.25, 0.3) is 0 Å². The first kappa shape index (κ1) is 23.2. The number of nitro benzene ring substituents is 1. The molecule has 0 atom stereocenters. The number of rotatable bonds is 7. The summed E-state index contributed by atoms with van der Waals surface area (Å²) in [6.45, 7) is 0. The van der Waals surface area contributed by atoms with Gasteiger partial charge in [-0.15, -0.1) is 0 Å². The van der Waals surface area contributed by atoms with Crippen molar-refractivity contribution in [1.29, 1.82) is 0 Å². The number of phenolic OH excluding ortho intramolecular Hbond substituents is 1. The summed E-state index contributed by atoms with van der Waals surface area (Å²) in [7, 11) is 1.25. The number of carbonyl (C=O) groups is 2. The van der Waals surface area contributed by atoms with Crippen LogP contribution in [-0.2, 0) is 0 Å². The Balaban J connectivity index is 1.71. The normalized spacial score (nSPS) is 10.6. The zero-order chi connectivity index (χ0) is 24.0. The lowest BCUT2D eigenvalue weighted by molar-refractivity contribution is -0.385. The number of aromatic hydroxyl groups is 1. The molecule has 0 aliphatic heterocycles. The molecule has 0 saturated carbocycles. The van der Waals surface area contributed by atoms with Gasteiger partial charge in [0.15, 0.2) is 11.5 Å². The first-order valence-corrected chi connectivity index (χ1v) is 9.72. The molecule has 3 aromatic rings. The van der Waals surface area contributed by atoms with Crippen LogP contribution in [-0.4, -0.2) is 35.2 Å². The summed E-state index contributed by atoms with van der Waals surface area (Å²) in [6, 6.07) is 14.7. The van der Waals surface area contributed by atoms with Gasteiger partial charge in [0.25, 0.3) is 17.5 Å². The summed E-state index contributed by atoms with van der Waals surface area (Å²) < 4.78 is 4.91. The van der Waals surface area contributed by atoms with E-state index in [2.05, 4.69) is 15.8 Å². The highest BCUT2D eigenvalue weighted by atomic mass is 35.5. The number of anilines is 1. The van der Waals surface area contributed by atoms with Crippen LogP contribution in [0.4, 0.5) is 11.4 Å². The number of ether oxygens (including phenoxy) is 1. The topological polar surface area (TPSA) is 143 Å². The van der Waals surface area contributed by atoms with Gasteiger partial charge in [-0.2, -0.15) is 5.10 Å². The molecule has 0 aliphatic rings. The predicted molar refractivity (Wildman–Crippen MR) is 122 cm³/mol. The fraction of sp³-hybridized carbons (Fsp3) is 0.0455. The highest BCUT2D eigenvalue weighted by Crippen LogP contribution is 2.33. The highest BCUT2D eigenvalue weighted by Gasteiger charge is 2.16. The van der Waals surface area contributed by atoms with Crippen LogP contribution in [0.1, 0.15) is 26.3 Å². The average molecular weight is 469 g/mol. The second-order valence-corrected chi connectivity index (χ2v) is 7.02. The standard InChI is InChI=1S/C22H17ClN4O6/c1-33-19-11-18(27(31)32)10-15(20(19)28)12-24-26-22(30)14-5-3-7-17(9-14)25-21(29)13-4-2-6-16(23)8-13/h2-12,28H,1H3,(H,25,29)(H,26,30)/b24-12+. The van der Waals surface area contributed by atoms with Gasteiger partial charge < -0.3 is 15.2 Å². The zero-order valence-electron chi connectivity index (χ0n) is 17.1. The van der Waals surface area contributed by atoms with E-state index >= 15 is 0 Å². The molecule has 11 heteroatoms. The molecule has 33 heavy (non-hydrogen) atoms. The lowest BCUT2D eigenvalue weighted by atomic mass is 10.1. The number of hydrogen-bond acceptors (Lipinski definition) is 7. The van der Waals surface area contributed by atoms with Crippen LogP contribution in [0.15, 0.2) is 65.8 Å². The first-order valence-electron chi connectivity index (χ1n) is 9.34. The maximum atomic E-state index is 12.4. The van der Waals surface area contributed by atoms with Gasteiger partial charge in [-0.05, 0) is 36.4 Å². The van der Waals surface area contributed by atoms with E-state index in [-0.39, 0.29) is 28.3 Å². The van der Waals surface area contributed by atoms with Crippen molar-refractivity contribution in [1.82, 2.24) is 5.43 Å². The van der Waals surface area contributed by atoms with Gasteiger partial charge in [-0.1, -0.05) is 23.7 Å². The quantitative estimate of drug-likeness (QED) is 0.272. The number of halogens is 1. The Morgan fingerprint density at radius 1 is 1.09 bits per heavy atom. The van der Waals surface area contributed by atoms with Crippen molar-refractivity contribution in [3.05, 3.63) is 92.5 Å². The molecule has 3 rings (SSSR count). The van der Waals surface area contributed by atoms with E-state index in [0.29, 0.717) is 16.3 Å². The Kier molecular flexibility index (Phi) is 7.21. The smallest absolute Gasteiger partial charge is 0.274 e. The summed E-state index contributed by atoms with van der Waals surface area (Å²) in [5.41, 5.74) is 2.84. The highest BCUT2D eigenvalue weighted by molar-refractivity contribution is 6.31. The minimum atomic E-state index is -0.652. The van der Waals surface area contributed by atoms with Crippen molar-refractivity contribution in [3.63, 3.8) is 0 Å². The van der Waals surface area contributed by atoms with E-state index in [1.165, 1.54) is 25.3 Å². The Morgan fingerprint density at radius 3 is 2.45 bits per heavy atom. The van der Waals surface area contributed by atoms with E-state index < -0.39 is 16.7 Å². The van der Waals surface area contributed by atoms with Gasteiger partial charge >= 0.3 is 0 Å². The van der Waals surface area contributed by atoms with Crippen LogP contribution in [0.5, 0.6) is 11.5 Å². The molecule has 10 nitrogen and oxygen atoms in total. The molecule has 0 aromatic heterocycles. The molecule has 0 bridgehead atoms. The van der Waals surface area contributed by atoms with Crippen LogP contribution >= 0.6 is 11.6 Å². The maximum absolute atomic E-state index is 12.4. The van der Waals surface area contributed by atoms with Crippen molar-refractivity contribution in [2.75, 3.05) is 12.4 Å². The molecule has 168 valence electrons. The van der Waals surface area contributed by atoms with E-state index in [4.69, 9.17) is 16.3 Å². The number of non-ortho nitro benzene ring substituents is 1. The lowest BCUT2D eigenvalue weighted by Crippen LogP contribution is -2.18. The number of amides is 2. The summed E-state index contributed by atoms with van der Waals surface area (Å²) in [5.74, 6) is -1.49. The molecule has 0 unspecified atom stereocenters. The number of nitro groups is 1. The van der Waals surface area contributed by atoms with Gasteiger partial charge in [0.2, 0.25) is 0 Å². The minimum Gasteiger partial charge on any atom is -0.504 e. The second kappa shape index (κ2) is 10.2. The summed E-state index contributed by atoms with van der Waals surface area (Å²) >= 11 is 5.90. The number of hydrazone groups is 1. The summed E-state index contributed by atoms with van der Waals surface area (Å²) in [5, 5.41) is 28.0. The van der Waals surface area contributed by atoms with Crippen LogP contribution in [0.3, 0.4) is 0 Å². The maximum Gasteiger partial charge on any atom is 0.274 e. The SMILES string of the molecule is COc1cc([N+](=O)[O-])cc(/C=N/NC(=O)c2cccc(NC(=O)c3cccc(Cl)c3)c2)c1O. The molecule has 0 spiro atoms. The van der Waals surface area contributed by atoms with E-state index in [0.717, 1.165) is 18.3 Å². The van der Waals surface area contributed by atoms with Crippen LogP contribution < -0.4 is 15.5 Å². The molecule has 0 saturated heterocycles. The minimum absolute atomic E-state index is 0.0242. The number of carbonyl (C=O) groups excluding carboxylic acids is 2. The Hall–Kier alpha value is -4.44. The predicted octanol–water partition coefficient (Wildman–Crippen LogP) is 3.98. The summed E-state index contributed by atoms with van der Waals surface area (Å²) in [6.07, 6.45) is 1.05. The molecular weight excluding hydrogens is 452 g/mol. The molecule has 3 N–H and O–H groups in total. The van der Waals surface area contributed by atoms with Gasteiger partial charge in [-0.25, -0.2) is 5.43 Å². The monoisotopic (exact) mass is 468 g/mol. The number of benzene rings is 3. The van der Waals surface area contributed by atoms with Crippen molar-refractivity contribution >= 4 is 41.0 Å². The number of nitrogens with one attached hydrogen (secondary N) is 2. The third-order valence-corrected chi connectivity index (χ3v) is 4.59.